The van der Waals surface area contributed by atoms with Crippen LogP contribution in [0.25, 0.3) is 0 Å². The third kappa shape index (κ3) is 73.5. The Morgan fingerprint density at radius 2 is 0.429 bits per heavy atom. The van der Waals surface area contributed by atoms with Crippen LogP contribution in [0.4, 0.5) is 0 Å². The summed E-state index contributed by atoms with van der Waals surface area (Å²) in [6.45, 7) is 0. The molecular weight excluding hydrogens is 416 g/mol. The van der Waals surface area contributed by atoms with E-state index < -0.39 is 0 Å². The molecule has 0 spiro atoms. The third-order valence-electron chi connectivity index (χ3n) is 0. The molecule has 0 saturated carbocycles. The molecule has 4 nitrogen and oxygen atoms in total. The van der Waals surface area contributed by atoms with Gasteiger partial charge in [-0.2, -0.15) is 0 Å². The monoisotopic (exact) mass is 430 g/mol. The number of halogens is 2. The molecule has 12 N–H and O–H groups in total. The maximum absolute atomic E-state index is 0. The first kappa shape index (κ1) is 148. The molecule has 0 rings (SSSR count). The average Bonchev–Trinajstić information content (AvgIpc) is 0. The quantitative estimate of drug-likeness (QED) is 0.344. The smallest absolute Gasteiger partial charge is 0 e. The van der Waals surface area contributed by atoms with E-state index in [-0.39, 0.29) is 93.0 Å². The Balaban J connectivity index is 0. The minimum Gasteiger partial charge on any atom is -0.344 e. The third-order valence-corrected chi connectivity index (χ3v) is 0. The van der Waals surface area contributed by atoms with Crippen LogP contribution in [0.15, 0.2) is 0 Å². The standard InChI is InChI=1S/2HI.4H3N.Pd/h2*1H;4*1H3;. The van der Waals surface area contributed by atoms with Gasteiger partial charge in [0.15, 0.2) is 0 Å². The molecule has 0 aromatic heterocycles. The van der Waals surface area contributed by atoms with Gasteiger partial charge in [0, 0.05) is 20.4 Å². The van der Waals surface area contributed by atoms with Crippen molar-refractivity contribution in [1.29, 1.82) is 0 Å². The van der Waals surface area contributed by atoms with Crippen LogP contribution in [0.1, 0.15) is 0 Å². The summed E-state index contributed by atoms with van der Waals surface area (Å²) >= 11 is 0. The van der Waals surface area contributed by atoms with Crippen LogP contribution in [0.3, 0.4) is 0 Å². The first-order valence-electron chi connectivity index (χ1n) is 0. The molecular formula is H14I2N4Pd. The maximum atomic E-state index is 0. The molecule has 0 bridgehead atoms. The fourth-order valence-electron chi connectivity index (χ4n) is 0. The summed E-state index contributed by atoms with van der Waals surface area (Å²) in [7, 11) is 0. The van der Waals surface area contributed by atoms with Crippen molar-refractivity contribution in [3.8, 4) is 0 Å². The van der Waals surface area contributed by atoms with Crippen molar-refractivity contribution in [3.05, 3.63) is 0 Å². The minimum atomic E-state index is 0. The average molecular weight is 430 g/mol. The van der Waals surface area contributed by atoms with Crippen molar-refractivity contribution >= 4 is 48.0 Å². The van der Waals surface area contributed by atoms with Gasteiger partial charge in [0.05, 0.1) is 0 Å². The van der Waals surface area contributed by atoms with Gasteiger partial charge in [-0.05, 0) is 0 Å². The minimum absolute atomic E-state index is 0. The van der Waals surface area contributed by atoms with E-state index in [4.69, 9.17) is 0 Å². The van der Waals surface area contributed by atoms with Gasteiger partial charge < -0.3 is 24.6 Å². The Morgan fingerprint density at radius 1 is 0.429 bits per heavy atom. The van der Waals surface area contributed by atoms with Crippen molar-refractivity contribution in [2.75, 3.05) is 0 Å². The van der Waals surface area contributed by atoms with Gasteiger partial charge in [-0.25, -0.2) is 0 Å². The van der Waals surface area contributed by atoms with Gasteiger partial charge >= 0.3 is 0 Å². The van der Waals surface area contributed by atoms with E-state index in [1.165, 1.54) is 0 Å². The molecule has 0 aliphatic carbocycles. The fourth-order valence-corrected chi connectivity index (χ4v) is 0. The summed E-state index contributed by atoms with van der Waals surface area (Å²) in [6, 6.07) is 0. The molecule has 0 fully saturated rings. The Labute approximate surface area is 92.0 Å². The van der Waals surface area contributed by atoms with E-state index in [0.717, 1.165) is 0 Å². The van der Waals surface area contributed by atoms with Crippen LogP contribution in [0.5, 0.6) is 0 Å². The SMILES string of the molecule is I.I.N.N.N.N.[Pd]. The topological polar surface area (TPSA) is 140 Å². The van der Waals surface area contributed by atoms with E-state index >= 15 is 0 Å². The van der Waals surface area contributed by atoms with Gasteiger partial charge in [0.2, 0.25) is 0 Å². The van der Waals surface area contributed by atoms with E-state index in [9.17, 15) is 0 Å². The van der Waals surface area contributed by atoms with E-state index in [1.54, 1.807) is 0 Å². The van der Waals surface area contributed by atoms with Crippen LogP contribution in [0, 0.1) is 0 Å². The van der Waals surface area contributed by atoms with Crippen molar-refractivity contribution in [3.63, 3.8) is 0 Å². The van der Waals surface area contributed by atoms with Crippen LogP contribution in [-0.4, -0.2) is 0 Å². The molecule has 0 unspecified atom stereocenters. The van der Waals surface area contributed by atoms with Crippen molar-refractivity contribution in [2.45, 2.75) is 0 Å². The van der Waals surface area contributed by atoms with Gasteiger partial charge in [-0.3, -0.25) is 0 Å². The van der Waals surface area contributed by atoms with Crippen LogP contribution in [-0.2, 0) is 20.4 Å². The number of hydrogen-bond acceptors (Lipinski definition) is 4. The predicted molar refractivity (Wildman–Crippen MR) is 50.9 cm³/mol. The normalized spacial score (nSPS) is 0. The van der Waals surface area contributed by atoms with E-state index in [0.29, 0.717) is 0 Å². The summed E-state index contributed by atoms with van der Waals surface area (Å²) in [5.41, 5.74) is 0. The van der Waals surface area contributed by atoms with E-state index in [1.807, 2.05) is 0 Å². The summed E-state index contributed by atoms with van der Waals surface area (Å²) in [6.07, 6.45) is 0. The maximum Gasteiger partial charge on any atom is 0 e. The second kappa shape index (κ2) is 100. The second-order valence-electron chi connectivity index (χ2n) is 0. The molecule has 0 aromatic carbocycles. The van der Waals surface area contributed by atoms with Crippen LogP contribution >= 0.6 is 48.0 Å². The molecule has 0 saturated heterocycles. The molecule has 0 radical (unpaired) electrons. The van der Waals surface area contributed by atoms with Crippen molar-refractivity contribution < 1.29 is 20.4 Å². The summed E-state index contributed by atoms with van der Waals surface area (Å²) in [5.74, 6) is 0. The summed E-state index contributed by atoms with van der Waals surface area (Å²) in [4.78, 5) is 0. The zero-order valence-corrected chi connectivity index (χ0v) is 10.2. The molecule has 0 amide bonds. The molecule has 0 aromatic rings. The molecule has 0 atom stereocenters. The molecule has 7 heavy (non-hydrogen) atoms. The van der Waals surface area contributed by atoms with E-state index in [2.05, 4.69) is 0 Å². The molecule has 0 aliphatic rings. The predicted octanol–water partition coefficient (Wildman–Crippen LogP) is 1.88. The molecule has 58 valence electrons. The number of hydrogen-bond donors (Lipinski definition) is 4. The summed E-state index contributed by atoms with van der Waals surface area (Å²) < 4.78 is 0. The van der Waals surface area contributed by atoms with Gasteiger partial charge in [0.25, 0.3) is 0 Å². The zero-order chi connectivity index (χ0) is 0. The first-order valence-corrected chi connectivity index (χ1v) is 0. The van der Waals surface area contributed by atoms with Crippen molar-refractivity contribution in [2.24, 2.45) is 0 Å². The van der Waals surface area contributed by atoms with Crippen LogP contribution < -0.4 is 24.6 Å². The zero-order valence-electron chi connectivity index (χ0n) is 3.96. The first-order chi connectivity index (χ1) is 0. The van der Waals surface area contributed by atoms with Gasteiger partial charge in [0.1, 0.15) is 0 Å². The van der Waals surface area contributed by atoms with Gasteiger partial charge in [-0.15, -0.1) is 48.0 Å². The Bertz CT molecular complexity index is 9.65. The Kier molecular flexibility index (Phi) is 2110. The molecule has 0 heterocycles. The van der Waals surface area contributed by atoms with Crippen LogP contribution in [0.2, 0.25) is 0 Å². The van der Waals surface area contributed by atoms with Gasteiger partial charge in [-0.1, -0.05) is 0 Å². The number of rotatable bonds is 0. The second-order valence-corrected chi connectivity index (χ2v) is 0. The molecule has 7 heteroatoms. The molecule has 0 aliphatic heterocycles. The largest absolute Gasteiger partial charge is 0.344 e. The Morgan fingerprint density at radius 3 is 0.429 bits per heavy atom. The van der Waals surface area contributed by atoms with Crippen molar-refractivity contribution in [1.82, 2.24) is 24.6 Å². The summed E-state index contributed by atoms with van der Waals surface area (Å²) in [5, 5.41) is 0. The fraction of sp³-hybridized carbons (Fsp3) is 0. The Hall–Kier alpha value is 1.96.